The highest BCUT2D eigenvalue weighted by Crippen LogP contribution is 2.22. The predicted molar refractivity (Wildman–Crippen MR) is 98.6 cm³/mol. The van der Waals surface area contributed by atoms with Crippen LogP contribution in [0, 0.1) is 0 Å². The van der Waals surface area contributed by atoms with Crippen molar-refractivity contribution in [2.24, 2.45) is 0 Å². The number of para-hydroxylation sites is 1. The van der Waals surface area contributed by atoms with Crippen molar-refractivity contribution in [2.45, 2.75) is 44.7 Å². The van der Waals surface area contributed by atoms with Gasteiger partial charge in [0.05, 0.1) is 10.9 Å². The van der Waals surface area contributed by atoms with E-state index >= 15 is 0 Å². The van der Waals surface area contributed by atoms with Gasteiger partial charge in [0.25, 0.3) is 5.56 Å². The van der Waals surface area contributed by atoms with Crippen LogP contribution < -0.4 is 5.56 Å². The minimum Gasteiger partial charge on any atom is -0.338 e. The Hall–Kier alpha value is -2.21. The molecule has 3 rings (SSSR count). The number of nitrogens with zero attached hydrogens (tertiary/aromatic N) is 3. The van der Waals surface area contributed by atoms with E-state index in [4.69, 9.17) is 0 Å². The maximum absolute atomic E-state index is 12.5. The third-order valence-corrected chi connectivity index (χ3v) is 5.16. The van der Waals surface area contributed by atoms with Crippen LogP contribution in [0.25, 0.3) is 10.9 Å². The van der Waals surface area contributed by atoms with Crippen LogP contribution in [-0.4, -0.2) is 58.4 Å². The molecule has 1 saturated heterocycles. The molecule has 2 atom stereocenters. The number of H-pyrrole nitrogens is 1. The summed E-state index contributed by atoms with van der Waals surface area (Å²) < 4.78 is 0. The van der Waals surface area contributed by atoms with Crippen molar-refractivity contribution in [3.63, 3.8) is 0 Å². The Morgan fingerprint density at radius 1 is 1.36 bits per heavy atom. The SMILES string of the molecule is C[C@H]1[C@H](N(C)C)CCN1C(=O)CCCc1nc2ccccc2c(=O)[nH]1. The fourth-order valence-corrected chi connectivity index (χ4v) is 3.77. The fourth-order valence-electron chi connectivity index (χ4n) is 3.77. The Morgan fingerprint density at radius 2 is 2.12 bits per heavy atom. The van der Waals surface area contributed by atoms with Gasteiger partial charge in [0.1, 0.15) is 5.82 Å². The Kier molecular flexibility index (Phi) is 5.18. The van der Waals surface area contributed by atoms with Gasteiger partial charge in [-0.25, -0.2) is 4.98 Å². The molecule has 1 aromatic heterocycles. The Labute approximate surface area is 147 Å². The first kappa shape index (κ1) is 17.6. The lowest BCUT2D eigenvalue weighted by molar-refractivity contribution is -0.132. The summed E-state index contributed by atoms with van der Waals surface area (Å²) in [6.45, 7) is 2.95. The molecule has 1 amide bonds. The molecule has 1 aliphatic rings. The van der Waals surface area contributed by atoms with Gasteiger partial charge in [0.15, 0.2) is 0 Å². The van der Waals surface area contributed by atoms with Crippen molar-refractivity contribution in [2.75, 3.05) is 20.6 Å². The summed E-state index contributed by atoms with van der Waals surface area (Å²) in [5, 5.41) is 0.600. The fraction of sp³-hybridized carbons (Fsp3) is 0.526. The molecule has 0 bridgehead atoms. The van der Waals surface area contributed by atoms with Gasteiger partial charge in [-0.1, -0.05) is 12.1 Å². The summed E-state index contributed by atoms with van der Waals surface area (Å²) in [5.74, 6) is 0.845. The second-order valence-electron chi connectivity index (χ2n) is 7.03. The number of hydrogen-bond acceptors (Lipinski definition) is 4. The predicted octanol–water partition coefficient (Wildman–Crippen LogP) is 1.80. The number of carbonyl (C=O) groups is 1. The molecule has 0 saturated carbocycles. The number of likely N-dealkylation sites (tertiary alicyclic amines) is 1. The van der Waals surface area contributed by atoms with Crippen LogP contribution in [0.3, 0.4) is 0 Å². The van der Waals surface area contributed by atoms with E-state index in [1.54, 1.807) is 6.07 Å². The first-order chi connectivity index (χ1) is 12.0. The first-order valence-corrected chi connectivity index (χ1v) is 8.91. The van der Waals surface area contributed by atoms with Crippen LogP contribution in [0.4, 0.5) is 0 Å². The number of aromatic nitrogens is 2. The van der Waals surface area contributed by atoms with Crippen molar-refractivity contribution in [3.8, 4) is 0 Å². The Bertz CT molecular complexity index is 814. The standard InChI is InChI=1S/C19H26N4O2/c1-13-16(22(2)3)11-12-23(13)18(24)10-6-9-17-20-15-8-5-4-7-14(15)19(25)21-17/h4-5,7-8,13,16H,6,9-12H2,1-3H3,(H,20,21,25)/t13-,16+/m0/s1. The van der Waals surface area contributed by atoms with Gasteiger partial charge in [0, 0.05) is 31.5 Å². The summed E-state index contributed by atoms with van der Waals surface area (Å²) >= 11 is 0. The molecule has 6 nitrogen and oxygen atoms in total. The van der Waals surface area contributed by atoms with Crippen molar-refractivity contribution in [3.05, 3.63) is 40.4 Å². The third-order valence-electron chi connectivity index (χ3n) is 5.16. The lowest BCUT2D eigenvalue weighted by Crippen LogP contribution is -2.42. The summed E-state index contributed by atoms with van der Waals surface area (Å²) in [6, 6.07) is 7.99. The van der Waals surface area contributed by atoms with Crippen LogP contribution in [0.5, 0.6) is 0 Å². The average molecular weight is 342 g/mol. The lowest BCUT2D eigenvalue weighted by atomic mass is 10.1. The minimum absolute atomic E-state index is 0.117. The van der Waals surface area contributed by atoms with E-state index in [-0.39, 0.29) is 17.5 Å². The minimum atomic E-state index is -0.117. The number of aromatic amines is 1. The van der Waals surface area contributed by atoms with Crippen LogP contribution in [0.15, 0.2) is 29.1 Å². The summed E-state index contributed by atoms with van der Waals surface area (Å²) in [6.07, 6.45) is 2.81. The zero-order chi connectivity index (χ0) is 18.0. The molecule has 1 aromatic carbocycles. The quantitative estimate of drug-likeness (QED) is 0.899. The second kappa shape index (κ2) is 7.35. The van der Waals surface area contributed by atoms with Crippen LogP contribution >= 0.6 is 0 Å². The van der Waals surface area contributed by atoms with Crippen molar-refractivity contribution in [1.29, 1.82) is 0 Å². The molecular weight excluding hydrogens is 316 g/mol. The average Bonchev–Trinajstić information content (AvgIpc) is 2.97. The number of aryl methyl sites for hydroxylation is 1. The molecule has 25 heavy (non-hydrogen) atoms. The van der Waals surface area contributed by atoms with Gasteiger partial charge in [-0.3, -0.25) is 9.59 Å². The maximum atomic E-state index is 12.5. The molecule has 1 aliphatic heterocycles. The van der Waals surface area contributed by atoms with Gasteiger partial charge in [0.2, 0.25) is 5.91 Å². The number of likely N-dealkylation sites (N-methyl/N-ethyl adjacent to an activating group) is 1. The molecule has 0 aliphatic carbocycles. The number of nitrogens with one attached hydrogen (secondary N) is 1. The smallest absolute Gasteiger partial charge is 0.258 e. The summed E-state index contributed by atoms with van der Waals surface area (Å²) in [7, 11) is 4.13. The van der Waals surface area contributed by atoms with Crippen LogP contribution in [0.2, 0.25) is 0 Å². The molecule has 0 spiro atoms. The Morgan fingerprint density at radius 3 is 2.84 bits per heavy atom. The third kappa shape index (κ3) is 3.74. The summed E-state index contributed by atoms with van der Waals surface area (Å²) in [5.41, 5.74) is 0.587. The van der Waals surface area contributed by atoms with Crippen LogP contribution in [0.1, 0.15) is 32.0 Å². The number of fused-ring (bicyclic) bond motifs is 1. The van der Waals surface area contributed by atoms with Gasteiger partial charge in [-0.15, -0.1) is 0 Å². The number of amides is 1. The van der Waals surface area contributed by atoms with E-state index < -0.39 is 0 Å². The highest BCUT2D eigenvalue weighted by Gasteiger charge is 2.34. The van der Waals surface area contributed by atoms with Crippen molar-refractivity contribution in [1.82, 2.24) is 19.8 Å². The van der Waals surface area contributed by atoms with E-state index in [1.807, 2.05) is 23.1 Å². The number of carbonyl (C=O) groups excluding carboxylic acids is 1. The Balaban J connectivity index is 1.58. The molecule has 1 N–H and O–H groups in total. The number of benzene rings is 1. The molecule has 2 aromatic rings. The second-order valence-corrected chi connectivity index (χ2v) is 7.03. The van der Waals surface area contributed by atoms with E-state index in [1.165, 1.54) is 0 Å². The normalized spacial score (nSPS) is 20.6. The van der Waals surface area contributed by atoms with Crippen molar-refractivity contribution < 1.29 is 4.79 Å². The van der Waals surface area contributed by atoms with Crippen LogP contribution in [-0.2, 0) is 11.2 Å². The molecular formula is C19H26N4O2. The van der Waals surface area contributed by atoms with E-state index in [9.17, 15) is 9.59 Å². The number of hydrogen-bond donors (Lipinski definition) is 1. The van der Waals surface area contributed by atoms with Gasteiger partial charge >= 0.3 is 0 Å². The van der Waals surface area contributed by atoms with E-state index in [0.717, 1.165) is 13.0 Å². The maximum Gasteiger partial charge on any atom is 0.258 e. The molecule has 6 heteroatoms. The highest BCUT2D eigenvalue weighted by molar-refractivity contribution is 5.77. The topological polar surface area (TPSA) is 69.3 Å². The van der Waals surface area contributed by atoms with Crippen molar-refractivity contribution >= 4 is 16.8 Å². The van der Waals surface area contributed by atoms with Gasteiger partial charge < -0.3 is 14.8 Å². The largest absolute Gasteiger partial charge is 0.338 e. The number of rotatable bonds is 5. The zero-order valence-electron chi connectivity index (χ0n) is 15.2. The van der Waals surface area contributed by atoms with E-state index in [0.29, 0.717) is 42.0 Å². The lowest BCUT2D eigenvalue weighted by Gasteiger charge is -2.28. The summed E-state index contributed by atoms with van der Waals surface area (Å²) in [4.78, 5) is 36.1. The first-order valence-electron chi connectivity index (χ1n) is 8.91. The molecule has 134 valence electrons. The van der Waals surface area contributed by atoms with E-state index in [2.05, 4.69) is 35.9 Å². The highest BCUT2D eigenvalue weighted by atomic mass is 16.2. The molecule has 0 unspecified atom stereocenters. The van der Waals surface area contributed by atoms with Gasteiger partial charge in [-0.2, -0.15) is 0 Å². The molecule has 0 radical (unpaired) electrons. The zero-order valence-corrected chi connectivity index (χ0v) is 15.2. The molecule has 1 fully saturated rings. The van der Waals surface area contributed by atoms with Gasteiger partial charge in [-0.05, 0) is 46.0 Å². The monoisotopic (exact) mass is 342 g/mol. The molecule has 2 heterocycles.